The molecule has 1 fully saturated rings. The van der Waals surface area contributed by atoms with Crippen LogP contribution in [0.1, 0.15) is 44.2 Å². The Labute approximate surface area is 169 Å². The summed E-state index contributed by atoms with van der Waals surface area (Å²) in [4.78, 5) is 14.3. The van der Waals surface area contributed by atoms with Gasteiger partial charge in [-0.1, -0.05) is 38.1 Å². The Morgan fingerprint density at radius 2 is 1.73 bits per heavy atom. The van der Waals surface area contributed by atoms with Crippen LogP contribution in [0.2, 0.25) is 0 Å². The molecule has 1 aliphatic rings. The largest absolute Gasteiger partial charge is 0.393 e. The molecule has 0 saturated carbocycles. The van der Waals surface area contributed by atoms with E-state index < -0.39 is 6.04 Å². The summed E-state index contributed by atoms with van der Waals surface area (Å²) in [5, 5.41) is 12.5. The van der Waals surface area contributed by atoms with E-state index in [0.717, 1.165) is 38.0 Å². The summed E-state index contributed by atoms with van der Waals surface area (Å²) in [7, 11) is 0. The average Bonchev–Trinajstić information content (AvgIpc) is 2.55. The van der Waals surface area contributed by atoms with Gasteiger partial charge in [0.2, 0.25) is 5.91 Å². The minimum atomic E-state index is -0.432. The van der Waals surface area contributed by atoms with Gasteiger partial charge in [-0.3, -0.25) is 9.69 Å². The van der Waals surface area contributed by atoms with Crippen molar-refractivity contribution in [2.75, 3.05) is 13.1 Å². The molecular formula is C19H33Cl2N3O2. The average molecular weight is 406 g/mol. The fourth-order valence-corrected chi connectivity index (χ4v) is 3.03. The van der Waals surface area contributed by atoms with Crippen molar-refractivity contribution in [2.45, 2.75) is 58.3 Å². The molecule has 7 heteroatoms. The van der Waals surface area contributed by atoms with Crippen molar-refractivity contribution < 1.29 is 9.90 Å². The Bertz CT molecular complexity index is 518. The van der Waals surface area contributed by atoms with E-state index in [1.54, 1.807) is 0 Å². The zero-order chi connectivity index (χ0) is 17.5. The minimum absolute atomic E-state index is 0. The van der Waals surface area contributed by atoms with Gasteiger partial charge in [0.05, 0.1) is 12.1 Å². The fraction of sp³-hybridized carbons (Fsp3) is 0.632. The number of nitrogens with one attached hydrogen (secondary N) is 1. The molecule has 1 aromatic rings. The lowest BCUT2D eigenvalue weighted by Gasteiger charge is -2.29. The van der Waals surface area contributed by atoms with Gasteiger partial charge in [-0.2, -0.15) is 0 Å². The van der Waals surface area contributed by atoms with E-state index >= 15 is 0 Å². The number of hydrogen-bond acceptors (Lipinski definition) is 4. The number of aliphatic hydroxyl groups is 1. The molecule has 1 atom stereocenters. The highest BCUT2D eigenvalue weighted by atomic mass is 35.5. The van der Waals surface area contributed by atoms with Gasteiger partial charge in [0.1, 0.15) is 0 Å². The Hall–Kier alpha value is -0.850. The normalized spacial score (nSPS) is 16.5. The third-order valence-electron chi connectivity index (χ3n) is 4.52. The maximum Gasteiger partial charge on any atom is 0.237 e. The molecule has 0 radical (unpaired) electrons. The standard InChI is InChI=1S/C19H31N3O2.2ClH/c1-14(2)11-18(20)19(24)21-12-15-3-5-16(6-4-15)13-22-9-7-17(23)8-10-22;;/h3-6,14,17-18,23H,7-13,20H2,1-2H3,(H,21,24);2*1H/t18-;;/m0../s1. The van der Waals surface area contributed by atoms with E-state index in [-0.39, 0.29) is 36.8 Å². The van der Waals surface area contributed by atoms with Crippen molar-refractivity contribution in [3.63, 3.8) is 0 Å². The number of piperidine rings is 1. The molecule has 0 aromatic heterocycles. The van der Waals surface area contributed by atoms with Crippen molar-refractivity contribution in [3.8, 4) is 0 Å². The lowest BCUT2D eigenvalue weighted by molar-refractivity contribution is -0.122. The lowest BCUT2D eigenvalue weighted by Crippen LogP contribution is -2.41. The summed E-state index contributed by atoms with van der Waals surface area (Å²) in [6, 6.07) is 7.91. The third-order valence-corrected chi connectivity index (χ3v) is 4.52. The van der Waals surface area contributed by atoms with E-state index in [0.29, 0.717) is 18.9 Å². The number of carbonyl (C=O) groups excluding carboxylic acids is 1. The van der Waals surface area contributed by atoms with Gasteiger partial charge in [-0.05, 0) is 36.3 Å². The molecular weight excluding hydrogens is 373 g/mol. The molecule has 0 spiro atoms. The number of rotatable bonds is 7. The molecule has 5 nitrogen and oxygen atoms in total. The van der Waals surface area contributed by atoms with Gasteiger partial charge in [0.15, 0.2) is 0 Å². The second-order valence-corrected chi connectivity index (χ2v) is 7.28. The van der Waals surface area contributed by atoms with E-state index in [1.807, 2.05) is 0 Å². The van der Waals surface area contributed by atoms with Crippen LogP contribution in [0.4, 0.5) is 0 Å². The molecule has 0 bridgehead atoms. The summed E-state index contributed by atoms with van der Waals surface area (Å²) in [6.07, 6.45) is 2.30. The smallest absolute Gasteiger partial charge is 0.237 e. The summed E-state index contributed by atoms with van der Waals surface area (Å²) < 4.78 is 0. The molecule has 2 rings (SSSR count). The quantitative estimate of drug-likeness (QED) is 0.650. The van der Waals surface area contributed by atoms with Crippen molar-refractivity contribution in [2.24, 2.45) is 11.7 Å². The first-order valence-electron chi connectivity index (χ1n) is 8.95. The molecule has 1 aromatic carbocycles. The van der Waals surface area contributed by atoms with Gasteiger partial charge in [-0.15, -0.1) is 24.8 Å². The van der Waals surface area contributed by atoms with Crippen molar-refractivity contribution in [3.05, 3.63) is 35.4 Å². The van der Waals surface area contributed by atoms with E-state index in [2.05, 4.69) is 48.3 Å². The summed E-state index contributed by atoms with van der Waals surface area (Å²) in [5.74, 6) is 0.334. The monoisotopic (exact) mass is 405 g/mol. The zero-order valence-electron chi connectivity index (χ0n) is 15.7. The number of halogens is 2. The van der Waals surface area contributed by atoms with Crippen LogP contribution in [0, 0.1) is 5.92 Å². The Kier molecular flexibility index (Phi) is 12.1. The Balaban J connectivity index is 0.00000312. The predicted octanol–water partition coefficient (Wildman–Crippen LogP) is 2.48. The second kappa shape index (κ2) is 12.5. The SMILES string of the molecule is CC(C)C[C@H](N)C(=O)NCc1ccc(CN2CCC(O)CC2)cc1.Cl.Cl. The molecule has 1 amide bonds. The molecule has 0 unspecified atom stereocenters. The fourth-order valence-electron chi connectivity index (χ4n) is 3.03. The van der Waals surface area contributed by atoms with Crippen LogP contribution in [-0.2, 0) is 17.9 Å². The summed E-state index contributed by atoms with van der Waals surface area (Å²) in [5.41, 5.74) is 8.23. The van der Waals surface area contributed by atoms with E-state index in [1.165, 1.54) is 5.56 Å². The summed E-state index contributed by atoms with van der Waals surface area (Å²) in [6.45, 7) is 7.46. The van der Waals surface area contributed by atoms with E-state index in [9.17, 15) is 9.90 Å². The molecule has 26 heavy (non-hydrogen) atoms. The highest BCUT2D eigenvalue weighted by molar-refractivity contribution is 5.85. The van der Waals surface area contributed by atoms with Crippen molar-refractivity contribution >= 4 is 30.7 Å². The van der Waals surface area contributed by atoms with Crippen LogP contribution in [0.15, 0.2) is 24.3 Å². The number of carbonyl (C=O) groups is 1. The highest BCUT2D eigenvalue weighted by Crippen LogP contribution is 2.14. The first kappa shape index (κ1) is 25.1. The number of benzene rings is 1. The van der Waals surface area contributed by atoms with Crippen molar-refractivity contribution in [1.82, 2.24) is 10.2 Å². The maximum atomic E-state index is 11.9. The molecule has 1 heterocycles. The number of amides is 1. The number of likely N-dealkylation sites (tertiary alicyclic amines) is 1. The molecule has 4 N–H and O–H groups in total. The van der Waals surface area contributed by atoms with Gasteiger partial charge in [0.25, 0.3) is 0 Å². The van der Waals surface area contributed by atoms with Gasteiger partial charge in [-0.25, -0.2) is 0 Å². The minimum Gasteiger partial charge on any atom is -0.393 e. The number of hydrogen-bond donors (Lipinski definition) is 3. The van der Waals surface area contributed by atoms with Crippen LogP contribution in [0.25, 0.3) is 0 Å². The first-order valence-corrected chi connectivity index (χ1v) is 8.95. The Morgan fingerprint density at radius 1 is 1.19 bits per heavy atom. The molecule has 1 saturated heterocycles. The Morgan fingerprint density at radius 3 is 2.27 bits per heavy atom. The number of nitrogens with zero attached hydrogens (tertiary/aromatic N) is 1. The van der Waals surface area contributed by atoms with Crippen molar-refractivity contribution in [1.29, 1.82) is 0 Å². The predicted molar refractivity (Wildman–Crippen MR) is 111 cm³/mol. The van der Waals surface area contributed by atoms with Crippen LogP contribution in [0.5, 0.6) is 0 Å². The topological polar surface area (TPSA) is 78.6 Å². The zero-order valence-corrected chi connectivity index (χ0v) is 17.3. The number of nitrogens with two attached hydrogens (primary N) is 1. The molecule has 150 valence electrons. The third kappa shape index (κ3) is 8.69. The van der Waals surface area contributed by atoms with Crippen LogP contribution < -0.4 is 11.1 Å². The lowest BCUT2D eigenvalue weighted by atomic mass is 10.0. The van der Waals surface area contributed by atoms with Gasteiger partial charge < -0.3 is 16.2 Å². The first-order chi connectivity index (χ1) is 11.4. The molecule has 1 aliphatic heterocycles. The van der Waals surface area contributed by atoms with Gasteiger partial charge in [0, 0.05) is 26.2 Å². The highest BCUT2D eigenvalue weighted by Gasteiger charge is 2.17. The second-order valence-electron chi connectivity index (χ2n) is 7.28. The van der Waals surface area contributed by atoms with E-state index in [4.69, 9.17) is 5.73 Å². The van der Waals surface area contributed by atoms with Crippen LogP contribution in [0.3, 0.4) is 0 Å². The van der Waals surface area contributed by atoms with Crippen LogP contribution in [-0.4, -0.2) is 41.1 Å². The van der Waals surface area contributed by atoms with Gasteiger partial charge >= 0.3 is 0 Å². The maximum absolute atomic E-state index is 11.9. The van der Waals surface area contributed by atoms with Crippen LogP contribution >= 0.6 is 24.8 Å². The summed E-state index contributed by atoms with van der Waals surface area (Å²) >= 11 is 0. The molecule has 0 aliphatic carbocycles. The number of aliphatic hydroxyl groups excluding tert-OH is 1.